The van der Waals surface area contributed by atoms with Crippen LogP contribution in [0.2, 0.25) is 0 Å². The largest absolute Gasteiger partial charge is 0.481 e. The zero-order valence-corrected chi connectivity index (χ0v) is 11.3. The fourth-order valence-electron chi connectivity index (χ4n) is 2.40. The molecule has 1 rings (SSSR count). The van der Waals surface area contributed by atoms with Gasteiger partial charge in [0.1, 0.15) is 0 Å². The second kappa shape index (κ2) is 9.30. The molecule has 1 aliphatic heterocycles. The second-order valence-electron chi connectivity index (χ2n) is 4.72. The van der Waals surface area contributed by atoms with Gasteiger partial charge in [-0.25, -0.2) is 0 Å². The first-order chi connectivity index (χ1) is 8.74. The van der Waals surface area contributed by atoms with E-state index in [1.807, 2.05) is 0 Å². The quantitative estimate of drug-likeness (QED) is 0.634. The highest BCUT2D eigenvalue weighted by molar-refractivity contribution is 5.66. The van der Waals surface area contributed by atoms with Crippen molar-refractivity contribution in [2.45, 2.75) is 38.1 Å². The van der Waals surface area contributed by atoms with Crippen molar-refractivity contribution < 1.29 is 19.4 Å². The van der Waals surface area contributed by atoms with Gasteiger partial charge in [-0.2, -0.15) is 0 Å². The van der Waals surface area contributed by atoms with Crippen LogP contribution < -0.4 is 0 Å². The molecule has 1 aliphatic rings. The smallest absolute Gasteiger partial charge is 0.303 e. The number of rotatable bonds is 9. The van der Waals surface area contributed by atoms with Gasteiger partial charge in [0.05, 0.1) is 19.8 Å². The minimum atomic E-state index is -0.697. The molecule has 1 atom stereocenters. The molecule has 1 N–H and O–H groups in total. The van der Waals surface area contributed by atoms with Crippen LogP contribution in [-0.2, 0) is 14.3 Å². The molecule has 1 unspecified atom stereocenters. The molecule has 0 spiro atoms. The molecule has 0 aliphatic carbocycles. The van der Waals surface area contributed by atoms with Crippen LogP contribution in [0.3, 0.4) is 0 Å². The van der Waals surface area contributed by atoms with Crippen molar-refractivity contribution in [3.63, 3.8) is 0 Å². The highest BCUT2D eigenvalue weighted by Crippen LogP contribution is 2.20. The van der Waals surface area contributed by atoms with E-state index < -0.39 is 5.97 Å². The van der Waals surface area contributed by atoms with Crippen LogP contribution in [0.15, 0.2) is 0 Å². The van der Waals surface area contributed by atoms with Crippen LogP contribution in [0.1, 0.15) is 32.1 Å². The zero-order chi connectivity index (χ0) is 13.2. The molecule has 0 aromatic heterocycles. The number of likely N-dealkylation sites (tertiary alicyclic amines) is 1. The predicted octanol–water partition coefficient (Wildman–Crippen LogP) is 1.37. The van der Waals surface area contributed by atoms with E-state index in [0.29, 0.717) is 25.9 Å². The van der Waals surface area contributed by atoms with Crippen molar-refractivity contribution in [1.29, 1.82) is 0 Å². The average Bonchev–Trinajstić information content (AvgIpc) is 2.37. The Kier molecular flexibility index (Phi) is 7.96. The van der Waals surface area contributed by atoms with Gasteiger partial charge >= 0.3 is 5.97 Å². The fraction of sp³-hybridized carbons (Fsp3) is 0.923. The highest BCUT2D eigenvalue weighted by Gasteiger charge is 2.22. The summed E-state index contributed by atoms with van der Waals surface area (Å²) in [5, 5.41) is 8.75. The number of ether oxygens (including phenoxy) is 2. The summed E-state index contributed by atoms with van der Waals surface area (Å²) in [5.74, 6) is -0.697. The first-order valence-corrected chi connectivity index (χ1v) is 6.76. The van der Waals surface area contributed by atoms with Gasteiger partial charge in [0.2, 0.25) is 0 Å². The maximum atomic E-state index is 10.6. The average molecular weight is 259 g/mol. The number of hydrogen-bond donors (Lipinski definition) is 1. The number of piperidine rings is 1. The first kappa shape index (κ1) is 15.4. The third-order valence-electron chi connectivity index (χ3n) is 3.40. The molecule has 0 amide bonds. The first-order valence-electron chi connectivity index (χ1n) is 6.76. The molecule has 5 heteroatoms. The van der Waals surface area contributed by atoms with E-state index in [-0.39, 0.29) is 6.42 Å². The van der Waals surface area contributed by atoms with Gasteiger partial charge < -0.3 is 14.6 Å². The van der Waals surface area contributed by atoms with E-state index in [9.17, 15) is 4.79 Å². The summed E-state index contributed by atoms with van der Waals surface area (Å²) in [4.78, 5) is 13.0. The lowest BCUT2D eigenvalue weighted by Gasteiger charge is -2.35. The number of nitrogens with zero attached hydrogens (tertiary/aromatic N) is 1. The molecule has 0 saturated carbocycles. The van der Waals surface area contributed by atoms with Gasteiger partial charge in [-0.15, -0.1) is 0 Å². The van der Waals surface area contributed by atoms with E-state index in [1.54, 1.807) is 7.11 Å². The topological polar surface area (TPSA) is 59.0 Å². The predicted molar refractivity (Wildman–Crippen MR) is 68.8 cm³/mol. The van der Waals surface area contributed by atoms with Crippen LogP contribution in [0.25, 0.3) is 0 Å². The van der Waals surface area contributed by atoms with E-state index in [2.05, 4.69) is 4.90 Å². The fourth-order valence-corrected chi connectivity index (χ4v) is 2.40. The van der Waals surface area contributed by atoms with Crippen LogP contribution in [0, 0.1) is 0 Å². The van der Waals surface area contributed by atoms with Gasteiger partial charge in [-0.1, -0.05) is 6.42 Å². The maximum Gasteiger partial charge on any atom is 0.303 e. The SMILES string of the molecule is COCCOCCN1CCCCC1CCC(=O)O. The van der Waals surface area contributed by atoms with Gasteiger partial charge in [0.15, 0.2) is 0 Å². The summed E-state index contributed by atoms with van der Waals surface area (Å²) < 4.78 is 10.4. The Hall–Kier alpha value is -0.650. The van der Waals surface area contributed by atoms with Crippen molar-refractivity contribution in [1.82, 2.24) is 4.90 Å². The Bertz CT molecular complexity index is 235. The summed E-state index contributed by atoms with van der Waals surface area (Å²) in [6.45, 7) is 3.92. The molecule has 5 nitrogen and oxygen atoms in total. The van der Waals surface area contributed by atoms with Crippen LogP contribution in [0.4, 0.5) is 0 Å². The summed E-state index contributed by atoms with van der Waals surface area (Å²) in [6, 6.07) is 0.417. The Morgan fingerprint density at radius 3 is 2.89 bits per heavy atom. The van der Waals surface area contributed by atoms with Gasteiger partial charge in [0.25, 0.3) is 0 Å². The molecule has 1 fully saturated rings. The molecule has 1 heterocycles. The number of carboxylic acids is 1. The summed E-state index contributed by atoms with van der Waals surface area (Å²) in [7, 11) is 1.66. The molecule has 0 bridgehead atoms. The minimum Gasteiger partial charge on any atom is -0.481 e. The normalized spacial score (nSPS) is 21.1. The van der Waals surface area contributed by atoms with Crippen molar-refractivity contribution in [3.05, 3.63) is 0 Å². The summed E-state index contributed by atoms with van der Waals surface area (Å²) in [6.07, 6.45) is 4.57. The number of carboxylic acid groups (broad SMARTS) is 1. The van der Waals surface area contributed by atoms with Gasteiger partial charge in [-0.3, -0.25) is 9.69 Å². The summed E-state index contributed by atoms with van der Waals surface area (Å²) >= 11 is 0. The molecular formula is C13H25NO4. The monoisotopic (exact) mass is 259 g/mol. The summed E-state index contributed by atoms with van der Waals surface area (Å²) in [5.41, 5.74) is 0. The highest BCUT2D eigenvalue weighted by atomic mass is 16.5. The Morgan fingerprint density at radius 2 is 2.17 bits per heavy atom. The van der Waals surface area contributed by atoms with Crippen molar-refractivity contribution >= 4 is 5.97 Å². The minimum absolute atomic E-state index is 0.270. The molecular weight excluding hydrogens is 234 g/mol. The van der Waals surface area contributed by atoms with Crippen molar-refractivity contribution in [2.24, 2.45) is 0 Å². The third-order valence-corrected chi connectivity index (χ3v) is 3.40. The standard InChI is InChI=1S/C13H25NO4/c1-17-10-11-18-9-8-14-7-3-2-4-12(14)5-6-13(15)16/h12H,2-11H2,1H3,(H,15,16). The van der Waals surface area contributed by atoms with Crippen LogP contribution >= 0.6 is 0 Å². The lowest BCUT2D eigenvalue weighted by atomic mass is 9.98. The van der Waals surface area contributed by atoms with Crippen molar-refractivity contribution in [2.75, 3.05) is 40.0 Å². The van der Waals surface area contributed by atoms with Crippen LogP contribution in [0.5, 0.6) is 0 Å². The zero-order valence-electron chi connectivity index (χ0n) is 11.3. The number of methoxy groups -OCH3 is 1. The molecule has 0 aromatic rings. The van der Waals surface area contributed by atoms with E-state index in [4.69, 9.17) is 14.6 Å². The number of carbonyl (C=O) groups is 1. The Balaban J connectivity index is 2.19. The van der Waals surface area contributed by atoms with Gasteiger partial charge in [-0.05, 0) is 25.8 Å². The lowest BCUT2D eigenvalue weighted by molar-refractivity contribution is -0.137. The Labute approximate surface area is 109 Å². The van der Waals surface area contributed by atoms with Gasteiger partial charge in [0, 0.05) is 26.1 Å². The Morgan fingerprint density at radius 1 is 1.33 bits per heavy atom. The van der Waals surface area contributed by atoms with Crippen LogP contribution in [-0.4, -0.2) is 62.0 Å². The molecule has 18 heavy (non-hydrogen) atoms. The number of aliphatic carboxylic acids is 1. The van der Waals surface area contributed by atoms with E-state index >= 15 is 0 Å². The van der Waals surface area contributed by atoms with E-state index in [0.717, 1.165) is 25.9 Å². The maximum absolute atomic E-state index is 10.6. The third kappa shape index (κ3) is 6.33. The van der Waals surface area contributed by atoms with Crippen molar-refractivity contribution in [3.8, 4) is 0 Å². The molecule has 1 saturated heterocycles. The van der Waals surface area contributed by atoms with E-state index in [1.165, 1.54) is 12.8 Å². The molecule has 0 aromatic carbocycles. The lowest BCUT2D eigenvalue weighted by Crippen LogP contribution is -2.41. The number of hydrogen-bond acceptors (Lipinski definition) is 4. The molecule has 106 valence electrons. The second-order valence-corrected chi connectivity index (χ2v) is 4.72. The molecule has 0 radical (unpaired) electrons.